The second-order valence-corrected chi connectivity index (χ2v) is 5.28. The number of carbonyl (C=O) groups is 1. The predicted molar refractivity (Wildman–Crippen MR) is 82.5 cm³/mol. The summed E-state index contributed by atoms with van der Waals surface area (Å²) in [5, 5.41) is 6.22. The van der Waals surface area contributed by atoms with Crippen molar-refractivity contribution in [2.45, 2.75) is 32.6 Å². The number of rotatable bonds is 7. The van der Waals surface area contributed by atoms with E-state index < -0.39 is 0 Å². The zero-order valence-electron chi connectivity index (χ0n) is 12.2. The van der Waals surface area contributed by atoms with E-state index >= 15 is 0 Å². The third-order valence-electron chi connectivity index (χ3n) is 3.22. The Morgan fingerprint density at radius 2 is 1.76 bits per heavy atom. The van der Waals surface area contributed by atoms with Crippen LogP contribution in [-0.2, 0) is 4.79 Å². The highest BCUT2D eigenvalue weighted by atomic mass is 35.5. The highest BCUT2D eigenvalue weighted by molar-refractivity contribution is 6.28. The Balaban J connectivity index is 1.81. The van der Waals surface area contributed by atoms with E-state index in [1.165, 1.54) is 0 Å². The summed E-state index contributed by atoms with van der Waals surface area (Å²) in [6.07, 6.45) is 3.61. The van der Waals surface area contributed by atoms with Crippen LogP contribution in [0.2, 0.25) is 5.28 Å². The lowest BCUT2D eigenvalue weighted by Crippen LogP contribution is -2.29. The van der Waals surface area contributed by atoms with Gasteiger partial charge < -0.3 is 15.5 Å². The fourth-order valence-electron chi connectivity index (χ4n) is 2.15. The number of halogens is 1. The van der Waals surface area contributed by atoms with E-state index in [4.69, 9.17) is 11.6 Å². The van der Waals surface area contributed by atoms with E-state index in [9.17, 15) is 4.79 Å². The van der Waals surface area contributed by atoms with Gasteiger partial charge >= 0.3 is 0 Å². The zero-order chi connectivity index (χ0) is 15.1. The molecule has 0 aromatic carbocycles. The van der Waals surface area contributed by atoms with Crippen molar-refractivity contribution in [3.8, 4) is 0 Å². The van der Waals surface area contributed by atoms with Crippen LogP contribution in [0.25, 0.3) is 0 Å². The van der Waals surface area contributed by atoms with Gasteiger partial charge in [0.25, 0.3) is 0 Å². The largest absolute Gasteiger partial charge is 0.354 e. The molecule has 0 aliphatic carbocycles. The van der Waals surface area contributed by atoms with Crippen LogP contribution >= 0.6 is 11.6 Å². The Hall–Kier alpha value is -1.63. The smallest absolute Gasteiger partial charge is 0.228 e. The predicted octanol–water partition coefficient (Wildman–Crippen LogP) is 1.77. The third-order valence-corrected chi connectivity index (χ3v) is 3.39. The first-order valence-electron chi connectivity index (χ1n) is 7.36. The normalized spacial score (nSPS) is 14.3. The molecule has 0 atom stereocenters. The van der Waals surface area contributed by atoms with Gasteiger partial charge in [-0.15, -0.1) is 0 Å². The number of aromatic nitrogens is 3. The topological polar surface area (TPSA) is 83.0 Å². The molecule has 116 valence electrons. The van der Waals surface area contributed by atoms with E-state index in [1.807, 2.05) is 4.90 Å². The summed E-state index contributed by atoms with van der Waals surface area (Å²) in [7, 11) is 0. The van der Waals surface area contributed by atoms with Crippen molar-refractivity contribution >= 4 is 29.4 Å². The maximum atomic E-state index is 11.9. The van der Waals surface area contributed by atoms with Crippen molar-refractivity contribution in [2.75, 3.05) is 36.8 Å². The van der Waals surface area contributed by atoms with Crippen molar-refractivity contribution in [1.82, 2.24) is 19.9 Å². The van der Waals surface area contributed by atoms with Crippen molar-refractivity contribution in [2.24, 2.45) is 0 Å². The van der Waals surface area contributed by atoms with Gasteiger partial charge in [0.1, 0.15) is 0 Å². The second-order valence-electron chi connectivity index (χ2n) is 4.94. The van der Waals surface area contributed by atoms with Crippen LogP contribution < -0.4 is 10.6 Å². The summed E-state index contributed by atoms with van der Waals surface area (Å²) in [4.78, 5) is 26.0. The molecule has 8 heteroatoms. The third kappa shape index (κ3) is 5.00. The van der Waals surface area contributed by atoms with E-state index in [2.05, 4.69) is 32.5 Å². The molecule has 0 spiro atoms. The lowest BCUT2D eigenvalue weighted by atomic mass is 10.3. The summed E-state index contributed by atoms with van der Waals surface area (Å²) in [5.74, 6) is 1.01. The summed E-state index contributed by atoms with van der Waals surface area (Å²) in [6, 6.07) is 0. The van der Waals surface area contributed by atoms with E-state index in [1.54, 1.807) is 0 Å². The highest BCUT2D eigenvalue weighted by Crippen LogP contribution is 2.11. The van der Waals surface area contributed by atoms with Gasteiger partial charge in [-0.25, -0.2) is 0 Å². The Morgan fingerprint density at radius 1 is 1.14 bits per heavy atom. The van der Waals surface area contributed by atoms with Crippen molar-refractivity contribution in [3.63, 3.8) is 0 Å². The minimum absolute atomic E-state index is 0.136. The van der Waals surface area contributed by atoms with Crippen LogP contribution in [-0.4, -0.2) is 51.9 Å². The molecule has 21 heavy (non-hydrogen) atoms. The lowest BCUT2D eigenvalue weighted by Gasteiger charge is -2.15. The molecule has 1 saturated heterocycles. The fraction of sp³-hybridized carbons (Fsp3) is 0.692. The second kappa shape index (κ2) is 7.97. The van der Waals surface area contributed by atoms with Crippen LogP contribution in [0.5, 0.6) is 0 Å². The molecule has 1 amide bonds. The molecule has 1 aliphatic rings. The Bertz CT molecular complexity index is 478. The summed E-state index contributed by atoms with van der Waals surface area (Å²) in [6.45, 7) is 5.07. The van der Waals surface area contributed by atoms with Crippen LogP contribution in [0.1, 0.15) is 32.6 Å². The van der Waals surface area contributed by atoms with Gasteiger partial charge in [0.15, 0.2) is 0 Å². The molecule has 1 fully saturated rings. The van der Waals surface area contributed by atoms with E-state index in [0.29, 0.717) is 24.9 Å². The number of nitrogens with zero attached hydrogens (tertiary/aromatic N) is 4. The first kappa shape index (κ1) is 15.8. The van der Waals surface area contributed by atoms with Gasteiger partial charge in [0.2, 0.25) is 23.1 Å². The molecule has 0 bridgehead atoms. The summed E-state index contributed by atoms with van der Waals surface area (Å²) < 4.78 is 0. The highest BCUT2D eigenvalue weighted by Gasteiger charge is 2.17. The first-order valence-corrected chi connectivity index (χ1v) is 7.74. The molecule has 7 nitrogen and oxygen atoms in total. The van der Waals surface area contributed by atoms with Crippen LogP contribution in [0.4, 0.5) is 11.9 Å². The summed E-state index contributed by atoms with van der Waals surface area (Å²) >= 11 is 5.86. The number of carbonyl (C=O) groups excluding carboxylic acids is 1. The maximum absolute atomic E-state index is 11.9. The van der Waals surface area contributed by atoms with Gasteiger partial charge in [0.05, 0.1) is 0 Å². The monoisotopic (exact) mass is 312 g/mol. The van der Waals surface area contributed by atoms with Crippen molar-refractivity contribution < 1.29 is 4.79 Å². The standard InChI is InChI=1S/C13H21ClN6O/c1-2-6-15-12-17-11(14)18-13(19-12)16-7-5-10(21)20-8-3-4-9-20/h2-9H2,1H3,(H2,15,16,17,18,19). The van der Waals surface area contributed by atoms with E-state index in [0.717, 1.165) is 38.9 Å². The number of hydrogen-bond acceptors (Lipinski definition) is 6. The SMILES string of the molecule is CCCNc1nc(Cl)nc(NCCC(=O)N2CCCC2)n1. The lowest BCUT2D eigenvalue weighted by molar-refractivity contribution is -0.129. The molecule has 2 N–H and O–H groups in total. The molecule has 2 rings (SSSR count). The quantitative estimate of drug-likeness (QED) is 0.798. The van der Waals surface area contributed by atoms with Gasteiger partial charge in [-0.3, -0.25) is 4.79 Å². The van der Waals surface area contributed by atoms with Gasteiger partial charge in [-0.05, 0) is 30.9 Å². The molecular weight excluding hydrogens is 292 g/mol. The maximum Gasteiger partial charge on any atom is 0.228 e. The molecule has 0 saturated carbocycles. The van der Waals surface area contributed by atoms with Gasteiger partial charge in [-0.2, -0.15) is 15.0 Å². The van der Waals surface area contributed by atoms with Gasteiger partial charge in [-0.1, -0.05) is 6.92 Å². The molecule has 2 heterocycles. The van der Waals surface area contributed by atoms with Crippen LogP contribution in [0, 0.1) is 0 Å². The zero-order valence-corrected chi connectivity index (χ0v) is 13.0. The van der Waals surface area contributed by atoms with Crippen molar-refractivity contribution in [1.29, 1.82) is 0 Å². The number of nitrogens with one attached hydrogen (secondary N) is 2. The van der Waals surface area contributed by atoms with E-state index in [-0.39, 0.29) is 11.2 Å². The average molecular weight is 313 g/mol. The fourth-order valence-corrected chi connectivity index (χ4v) is 2.31. The molecular formula is C13H21ClN6O. The minimum atomic E-state index is 0.136. The molecule has 0 unspecified atom stereocenters. The minimum Gasteiger partial charge on any atom is -0.354 e. The van der Waals surface area contributed by atoms with Crippen LogP contribution in [0.15, 0.2) is 0 Å². The average Bonchev–Trinajstić information content (AvgIpc) is 2.99. The first-order chi connectivity index (χ1) is 10.2. The number of amides is 1. The molecule has 0 radical (unpaired) electrons. The molecule has 1 aliphatic heterocycles. The number of hydrogen-bond donors (Lipinski definition) is 2. The Morgan fingerprint density at radius 3 is 2.38 bits per heavy atom. The number of anilines is 2. The molecule has 1 aromatic rings. The van der Waals surface area contributed by atoms with Crippen LogP contribution in [0.3, 0.4) is 0 Å². The molecule has 1 aromatic heterocycles. The van der Waals surface area contributed by atoms with Gasteiger partial charge in [0, 0.05) is 32.6 Å². The Kier molecular flexibility index (Phi) is 5.98. The van der Waals surface area contributed by atoms with Crippen molar-refractivity contribution in [3.05, 3.63) is 5.28 Å². The summed E-state index contributed by atoms with van der Waals surface area (Å²) in [5.41, 5.74) is 0. The Labute approximate surface area is 129 Å². The number of likely N-dealkylation sites (tertiary alicyclic amines) is 1.